The predicted octanol–water partition coefficient (Wildman–Crippen LogP) is 2.33. The minimum absolute atomic E-state index is 0.0534. The van der Waals surface area contributed by atoms with E-state index in [-0.39, 0.29) is 12.3 Å². The van der Waals surface area contributed by atoms with Crippen LogP contribution in [-0.2, 0) is 13.5 Å². The first kappa shape index (κ1) is 13.4. The van der Waals surface area contributed by atoms with Crippen molar-refractivity contribution in [3.05, 3.63) is 16.4 Å². The maximum atomic E-state index is 12.4. The Morgan fingerprint density at radius 3 is 2.44 bits per heavy atom. The topological polar surface area (TPSA) is 43.8 Å². The Morgan fingerprint density at radius 1 is 1.44 bits per heavy atom. The Bertz CT molecular complexity index is 363. The molecular formula is C10H16ClF2N3. The molecule has 1 aromatic heterocycles. The van der Waals surface area contributed by atoms with E-state index in [1.165, 1.54) is 4.68 Å². The van der Waals surface area contributed by atoms with E-state index in [2.05, 4.69) is 5.10 Å². The van der Waals surface area contributed by atoms with E-state index < -0.39 is 12.5 Å². The average Bonchev–Trinajstić information content (AvgIpc) is 2.45. The zero-order valence-electron chi connectivity index (χ0n) is 9.54. The normalized spacial score (nSPS) is 13.8. The fourth-order valence-corrected chi connectivity index (χ4v) is 1.76. The van der Waals surface area contributed by atoms with Crippen LogP contribution in [0.25, 0.3) is 0 Å². The zero-order chi connectivity index (χ0) is 12.5. The molecule has 0 fully saturated rings. The first-order valence-electron chi connectivity index (χ1n) is 5.09. The van der Waals surface area contributed by atoms with Crippen molar-refractivity contribution >= 4 is 11.6 Å². The number of hydrogen-bond donors (Lipinski definition) is 1. The number of rotatable bonds is 4. The average molecular weight is 252 g/mol. The lowest BCUT2D eigenvalue weighted by Gasteiger charge is -2.11. The van der Waals surface area contributed by atoms with Gasteiger partial charge in [0.2, 0.25) is 0 Å². The summed E-state index contributed by atoms with van der Waals surface area (Å²) in [5, 5.41) is 4.60. The molecule has 0 bridgehead atoms. The summed E-state index contributed by atoms with van der Waals surface area (Å²) in [6.45, 7) is 3.88. The van der Waals surface area contributed by atoms with E-state index >= 15 is 0 Å². The molecule has 1 unspecified atom stereocenters. The van der Waals surface area contributed by atoms with Gasteiger partial charge in [0, 0.05) is 12.6 Å². The third-order valence-corrected chi connectivity index (χ3v) is 2.88. The van der Waals surface area contributed by atoms with Crippen LogP contribution in [0.5, 0.6) is 0 Å². The molecule has 0 spiro atoms. The Balaban J connectivity index is 3.02. The molecule has 1 aromatic rings. The van der Waals surface area contributed by atoms with Gasteiger partial charge in [-0.05, 0) is 12.3 Å². The highest BCUT2D eigenvalue weighted by Gasteiger charge is 2.23. The fourth-order valence-electron chi connectivity index (χ4n) is 1.54. The summed E-state index contributed by atoms with van der Waals surface area (Å²) in [4.78, 5) is 0. The van der Waals surface area contributed by atoms with Crippen molar-refractivity contribution < 1.29 is 8.78 Å². The van der Waals surface area contributed by atoms with E-state index in [1.807, 2.05) is 13.8 Å². The molecule has 1 heterocycles. The van der Waals surface area contributed by atoms with Gasteiger partial charge < -0.3 is 5.73 Å². The lowest BCUT2D eigenvalue weighted by atomic mass is 10.0. The van der Waals surface area contributed by atoms with Gasteiger partial charge in [-0.3, -0.25) is 4.68 Å². The number of aryl methyl sites for hydroxylation is 1. The molecule has 6 heteroatoms. The van der Waals surface area contributed by atoms with Gasteiger partial charge in [-0.15, -0.1) is 0 Å². The van der Waals surface area contributed by atoms with Crippen molar-refractivity contribution in [1.29, 1.82) is 0 Å². The lowest BCUT2D eigenvalue weighted by molar-refractivity contribution is 0.116. The molecule has 0 aliphatic rings. The second kappa shape index (κ2) is 5.10. The molecule has 0 radical (unpaired) electrons. The predicted molar refractivity (Wildman–Crippen MR) is 60.0 cm³/mol. The van der Waals surface area contributed by atoms with E-state index in [0.29, 0.717) is 10.7 Å². The quantitative estimate of drug-likeness (QED) is 0.893. The van der Waals surface area contributed by atoms with Crippen molar-refractivity contribution in [1.82, 2.24) is 9.78 Å². The van der Waals surface area contributed by atoms with E-state index in [4.69, 9.17) is 17.3 Å². The summed E-state index contributed by atoms with van der Waals surface area (Å²) in [5.74, 6) is 0.138. The van der Waals surface area contributed by atoms with Crippen LogP contribution in [0.2, 0.25) is 5.15 Å². The maximum Gasteiger partial charge on any atom is 0.253 e. The molecule has 0 aromatic carbocycles. The zero-order valence-corrected chi connectivity index (χ0v) is 10.3. The number of alkyl halides is 2. The second-order valence-corrected chi connectivity index (χ2v) is 4.49. The van der Waals surface area contributed by atoms with E-state index in [9.17, 15) is 8.78 Å². The minimum Gasteiger partial charge on any atom is -0.323 e. The molecular weight excluding hydrogens is 236 g/mol. The van der Waals surface area contributed by atoms with Crippen LogP contribution in [0.3, 0.4) is 0 Å². The summed E-state index contributed by atoms with van der Waals surface area (Å²) < 4.78 is 26.3. The highest BCUT2D eigenvalue weighted by molar-refractivity contribution is 6.30. The van der Waals surface area contributed by atoms with Gasteiger partial charge in [0.1, 0.15) is 5.15 Å². The SMILES string of the molecule is CC(C)c1nn(C)c(Cl)c1CC(N)C(F)F. The van der Waals surface area contributed by atoms with Crippen LogP contribution in [-0.4, -0.2) is 22.2 Å². The summed E-state index contributed by atoms with van der Waals surface area (Å²) in [5.41, 5.74) is 6.72. The molecule has 0 saturated heterocycles. The number of aromatic nitrogens is 2. The number of nitrogens with two attached hydrogens (primary N) is 1. The van der Waals surface area contributed by atoms with Crippen LogP contribution in [0.4, 0.5) is 8.78 Å². The van der Waals surface area contributed by atoms with Crippen LogP contribution in [0.15, 0.2) is 0 Å². The van der Waals surface area contributed by atoms with Crippen LogP contribution in [0.1, 0.15) is 31.0 Å². The van der Waals surface area contributed by atoms with Crippen molar-refractivity contribution in [2.45, 2.75) is 38.7 Å². The van der Waals surface area contributed by atoms with Crippen molar-refractivity contribution in [3.8, 4) is 0 Å². The van der Waals surface area contributed by atoms with E-state index in [0.717, 1.165) is 5.69 Å². The van der Waals surface area contributed by atoms with Crippen LogP contribution < -0.4 is 5.73 Å². The summed E-state index contributed by atoms with van der Waals surface area (Å²) in [6.07, 6.45) is -2.49. The van der Waals surface area contributed by atoms with Crippen molar-refractivity contribution in [3.63, 3.8) is 0 Å². The summed E-state index contributed by atoms with van der Waals surface area (Å²) in [6, 6.07) is -1.20. The number of halogens is 3. The summed E-state index contributed by atoms with van der Waals surface area (Å²) in [7, 11) is 1.69. The molecule has 2 N–H and O–H groups in total. The van der Waals surface area contributed by atoms with E-state index in [1.54, 1.807) is 7.05 Å². The van der Waals surface area contributed by atoms with Gasteiger partial charge in [-0.1, -0.05) is 25.4 Å². The second-order valence-electron chi connectivity index (χ2n) is 4.14. The highest BCUT2D eigenvalue weighted by atomic mass is 35.5. The Morgan fingerprint density at radius 2 is 2.00 bits per heavy atom. The number of hydrogen-bond acceptors (Lipinski definition) is 2. The lowest BCUT2D eigenvalue weighted by Crippen LogP contribution is -2.31. The van der Waals surface area contributed by atoms with Crippen molar-refractivity contribution in [2.24, 2.45) is 12.8 Å². The molecule has 0 saturated carbocycles. The smallest absolute Gasteiger partial charge is 0.253 e. The minimum atomic E-state index is -2.55. The highest BCUT2D eigenvalue weighted by Crippen LogP contribution is 2.26. The van der Waals surface area contributed by atoms with Gasteiger partial charge in [0.15, 0.2) is 0 Å². The Labute approximate surface area is 98.6 Å². The molecule has 92 valence electrons. The largest absolute Gasteiger partial charge is 0.323 e. The molecule has 1 rings (SSSR count). The standard InChI is InChI=1S/C10H16ClF2N3/c1-5(2)8-6(4-7(14)10(12)13)9(11)16(3)15-8/h5,7,10H,4,14H2,1-3H3. The third-order valence-electron chi connectivity index (χ3n) is 2.41. The molecule has 1 atom stereocenters. The first-order valence-corrected chi connectivity index (χ1v) is 5.47. The number of nitrogens with zero attached hydrogens (tertiary/aromatic N) is 2. The van der Waals surface area contributed by atoms with Gasteiger partial charge in [0.05, 0.1) is 11.7 Å². The van der Waals surface area contributed by atoms with Gasteiger partial charge in [-0.2, -0.15) is 5.10 Å². The third kappa shape index (κ3) is 2.71. The molecule has 16 heavy (non-hydrogen) atoms. The maximum absolute atomic E-state index is 12.4. The monoisotopic (exact) mass is 251 g/mol. The van der Waals surface area contributed by atoms with Gasteiger partial charge in [0.25, 0.3) is 6.43 Å². The van der Waals surface area contributed by atoms with Crippen LogP contribution >= 0.6 is 11.6 Å². The Hall–Kier alpha value is -0.680. The molecule has 3 nitrogen and oxygen atoms in total. The van der Waals surface area contributed by atoms with Crippen molar-refractivity contribution in [2.75, 3.05) is 0 Å². The molecule has 0 aliphatic carbocycles. The molecule has 0 amide bonds. The van der Waals surface area contributed by atoms with Gasteiger partial charge >= 0.3 is 0 Å². The Kier molecular flexibility index (Phi) is 4.27. The van der Waals surface area contributed by atoms with Gasteiger partial charge in [-0.25, -0.2) is 8.78 Å². The molecule has 0 aliphatic heterocycles. The van der Waals surface area contributed by atoms with Crippen LogP contribution in [0, 0.1) is 0 Å². The fraction of sp³-hybridized carbons (Fsp3) is 0.700. The first-order chi connectivity index (χ1) is 7.34. The summed E-state index contributed by atoms with van der Waals surface area (Å²) >= 11 is 6.01.